The van der Waals surface area contributed by atoms with Crippen LogP contribution in [0.2, 0.25) is 0 Å². The van der Waals surface area contributed by atoms with Gasteiger partial charge in [-0.3, -0.25) is 0 Å². The normalized spacial score (nSPS) is 17.8. The maximum absolute atomic E-state index is 5.85. The number of rotatable bonds is 2. The summed E-state index contributed by atoms with van der Waals surface area (Å²) in [6.45, 7) is 6.49. The Morgan fingerprint density at radius 2 is 1.90 bits per heavy atom. The molecule has 0 saturated carbocycles. The van der Waals surface area contributed by atoms with Crippen molar-refractivity contribution in [3.8, 4) is 5.75 Å². The summed E-state index contributed by atoms with van der Waals surface area (Å²) in [5.41, 5.74) is 3.51. The van der Waals surface area contributed by atoms with Crippen LogP contribution in [0.15, 0.2) is 16.5 Å². The number of fused-ring (bicyclic) bond motifs is 1. The van der Waals surface area contributed by atoms with Crippen molar-refractivity contribution < 1.29 is 9.15 Å². The summed E-state index contributed by atoms with van der Waals surface area (Å²) in [6, 6.07) is 4.47. The molecule has 1 aromatic heterocycles. The van der Waals surface area contributed by atoms with Gasteiger partial charge in [0.2, 0.25) is 0 Å². The highest BCUT2D eigenvalue weighted by Crippen LogP contribution is 2.38. The van der Waals surface area contributed by atoms with Crippen molar-refractivity contribution in [2.24, 2.45) is 0 Å². The fourth-order valence-electron chi connectivity index (χ4n) is 3.16. The fourth-order valence-corrected chi connectivity index (χ4v) is 3.16. The van der Waals surface area contributed by atoms with E-state index in [-0.39, 0.29) is 0 Å². The number of furan rings is 1. The first kappa shape index (κ1) is 13.5. The molecule has 2 heterocycles. The molecule has 1 fully saturated rings. The van der Waals surface area contributed by atoms with Crippen LogP contribution in [0.5, 0.6) is 5.75 Å². The average molecular weight is 273 g/mol. The first-order chi connectivity index (χ1) is 9.60. The van der Waals surface area contributed by atoms with Gasteiger partial charge in [-0.1, -0.05) is 0 Å². The van der Waals surface area contributed by atoms with Gasteiger partial charge in [0, 0.05) is 5.39 Å². The quantitative estimate of drug-likeness (QED) is 0.830. The maximum Gasteiger partial charge on any atom is 0.176 e. The van der Waals surface area contributed by atoms with Crippen molar-refractivity contribution in [1.29, 1.82) is 0 Å². The monoisotopic (exact) mass is 273 g/mol. The number of ether oxygens (including phenoxy) is 1. The van der Waals surface area contributed by atoms with Gasteiger partial charge >= 0.3 is 0 Å². The molecule has 1 aromatic carbocycles. The van der Waals surface area contributed by atoms with Gasteiger partial charge in [0.15, 0.2) is 11.3 Å². The summed E-state index contributed by atoms with van der Waals surface area (Å²) in [6.07, 6.45) is 2.45. The summed E-state index contributed by atoms with van der Waals surface area (Å²) in [5, 5.41) is 1.20. The summed E-state index contributed by atoms with van der Waals surface area (Å²) in [5.74, 6) is 2.49. The topological polar surface area (TPSA) is 25.6 Å². The lowest BCUT2D eigenvalue weighted by atomic mass is 9.88. The largest absolute Gasteiger partial charge is 0.493 e. The molecule has 0 N–H and O–H groups in total. The molecule has 3 heteroatoms. The number of aryl methyl sites for hydroxylation is 2. The number of methoxy groups -OCH3 is 1. The first-order valence-corrected chi connectivity index (χ1v) is 7.36. The first-order valence-electron chi connectivity index (χ1n) is 7.36. The Kier molecular flexibility index (Phi) is 3.47. The van der Waals surface area contributed by atoms with Gasteiger partial charge in [-0.15, -0.1) is 0 Å². The van der Waals surface area contributed by atoms with Crippen molar-refractivity contribution in [3.63, 3.8) is 0 Å². The Bertz CT molecular complexity index is 621. The minimum atomic E-state index is 0.638. The Balaban J connectivity index is 2.05. The van der Waals surface area contributed by atoms with Crippen molar-refractivity contribution in [2.45, 2.75) is 32.6 Å². The van der Waals surface area contributed by atoms with E-state index in [1.807, 2.05) is 6.92 Å². The predicted molar refractivity (Wildman–Crippen MR) is 81.7 cm³/mol. The van der Waals surface area contributed by atoms with Gasteiger partial charge in [-0.05, 0) is 76.0 Å². The van der Waals surface area contributed by atoms with E-state index in [2.05, 4.69) is 31.0 Å². The molecule has 3 nitrogen and oxygen atoms in total. The molecule has 0 amide bonds. The van der Waals surface area contributed by atoms with Gasteiger partial charge in [0.05, 0.1) is 7.11 Å². The van der Waals surface area contributed by atoms with E-state index in [9.17, 15) is 0 Å². The SMILES string of the molecule is COc1cc(C2CCN(C)CC2)cc2c(C)c(C)oc12. The molecule has 1 saturated heterocycles. The lowest BCUT2D eigenvalue weighted by Gasteiger charge is -2.29. The zero-order valence-electron chi connectivity index (χ0n) is 12.8. The van der Waals surface area contributed by atoms with Gasteiger partial charge < -0.3 is 14.1 Å². The molecule has 0 aliphatic carbocycles. The molecule has 2 aromatic rings. The molecule has 20 heavy (non-hydrogen) atoms. The number of hydrogen-bond donors (Lipinski definition) is 0. The number of benzene rings is 1. The van der Waals surface area contributed by atoms with Crippen molar-refractivity contribution in [2.75, 3.05) is 27.2 Å². The number of piperidine rings is 1. The van der Waals surface area contributed by atoms with Gasteiger partial charge in [-0.25, -0.2) is 0 Å². The summed E-state index contributed by atoms with van der Waals surface area (Å²) >= 11 is 0. The Morgan fingerprint density at radius 1 is 1.20 bits per heavy atom. The lowest BCUT2D eigenvalue weighted by molar-refractivity contribution is 0.255. The Hall–Kier alpha value is -1.48. The van der Waals surface area contributed by atoms with Crippen LogP contribution in [-0.4, -0.2) is 32.1 Å². The Morgan fingerprint density at radius 3 is 2.55 bits per heavy atom. The lowest BCUT2D eigenvalue weighted by Crippen LogP contribution is -2.29. The van der Waals surface area contributed by atoms with Crippen LogP contribution < -0.4 is 4.74 Å². The van der Waals surface area contributed by atoms with Crippen LogP contribution >= 0.6 is 0 Å². The molecule has 1 aliphatic rings. The van der Waals surface area contributed by atoms with Crippen LogP contribution in [0, 0.1) is 13.8 Å². The highest BCUT2D eigenvalue weighted by molar-refractivity contribution is 5.88. The van der Waals surface area contributed by atoms with Crippen LogP contribution in [0.3, 0.4) is 0 Å². The van der Waals surface area contributed by atoms with E-state index in [0.29, 0.717) is 5.92 Å². The third-order valence-corrected chi connectivity index (χ3v) is 4.67. The van der Waals surface area contributed by atoms with Crippen LogP contribution in [-0.2, 0) is 0 Å². The highest BCUT2D eigenvalue weighted by atomic mass is 16.5. The minimum Gasteiger partial charge on any atom is -0.493 e. The van der Waals surface area contributed by atoms with Crippen LogP contribution in [0.4, 0.5) is 0 Å². The standard InChI is InChI=1S/C17H23NO2/c1-11-12(2)20-17-15(11)9-14(10-16(17)19-4)13-5-7-18(3)8-6-13/h9-10,13H,5-8H2,1-4H3. The van der Waals surface area contributed by atoms with E-state index in [1.165, 1.54) is 42.4 Å². The molecule has 0 radical (unpaired) electrons. The second kappa shape index (κ2) is 5.13. The van der Waals surface area contributed by atoms with E-state index in [0.717, 1.165) is 17.1 Å². The Labute approximate surface area is 120 Å². The molecular weight excluding hydrogens is 250 g/mol. The van der Waals surface area contributed by atoms with Gasteiger partial charge in [-0.2, -0.15) is 0 Å². The highest BCUT2D eigenvalue weighted by Gasteiger charge is 2.21. The molecule has 0 bridgehead atoms. The molecular formula is C17H23NO2. The summed E-state index contributed by atoms with van der Waals surface area (Å²) in [7, 11) is 3.92. The predicted octanol–water partition coefficient (Wildman–Crippen LogP) is 3.87. The molecule has 1 aliphatic heterocycles. The number of nitrogens with zero attached hydrogens (tertiary/aromatic N) is 1. The third-order valence-electron chi connectivity index (χ3n) is 4.67. The average Bonchev–Trinajstić information content (AvgIpc) is 2.74. The third kappa shape index (κ3) is 2.20. The zero-order valence-corrected chi connectivity index (χ0v) is 12.8. The molecule has 0 spiro atoms. The second-order valence-corrected chi connectivity index (χ2v) is 5.96. The van der Waals surface area contributed by atoms with Gasteiger partial charge in [0.1, 0.15) is 5.76 Å². The fraction of sp³-hybridized carbons (Fsp3) is 0.529. The smallest absolute Gasteiger partial charge is 0.176 e. The number of likely N-dealkylation sites (tertiary alicyclic amines) is 1. The van der Waals surface area contributed by atoms with Crippen molar-refractivity contribution in [1.82, 2.24) is 4.90 Å². The molecule has 0 unspecified atom stereocenters. The van der Waals surface area contributed by atoms with Crippen LogP contribution in [0.1, 0.15) is 35.6 Å². The molecule has 108 valence electrons. The van der Waals surface area contributed by atoms with Crippen LogP contribution in [0.25, 0.3) is 11.0 Å². The maximum atomic E-state index is 5.85. The van der Waals surface area contributed by atoms with E-state index in [1.54, 1.807) is 7.11 Å². The second-order valence-electron chi connectivity index (χ2n) is 5.96. The van der Waals surface area contributed by atoms with Crippen molar-refractivity contribution >= 4 is 11.0 Å². The summed E-state index contributed by atoms with van der Waals surface area (Å²) in [4.78, 5) is 2.40. The molecule has 0 atom stereocenters. The van der Waals surface area contributed by atoms with E-state index in [4.69, 9.17) is 9.15 Å². The van der Waals surface area contributed by atoms with Gasteiger partial charge in [0.25, 0.3) is 0 Å². The van der Waals surface area contributed by atoms with E-state index >= 15 is 0 Å². The van der Waals surface area contributed by atoms with E-state index < -0.39 is 0 Å². The zero-order chi connectivity index (χ0) is 14.3. The van der Waals surface area contributed by atoms with Crippen molar-refractivity contribution in [3.05, 3.63) is 29.0 Å². The molecule has 3 rings (SSSR count). The number of hydrogen-bond acceptors (Lipinski definition) is 3. The minimum absolute atomic E-state index is 0.638. The summed E-state index contributed by atoms with van der Waals surface area (Å²) < 4.78 is 11.4.